The van der Waals surface area contributed by atoms with E-state index in [1.54, 1.807) is 30.3 Å². The van der Waals surface area contributed by atoms with Crippen molar-refractivity contribution in [1.82, 2.24) is 9.55 Å². The minimum Gasteiger partial charge on any atom is -0.451 e. The minimum absolute atomic E-state index is 0.0952. The summed E-state index contributed by atoms with van der Waals surface area (Å²) in [7, 11) is 0. The maximum atomic E-state index is 12.2. The number of rotatable bonds is 3. The van der Waals surface area contributed by atoms with Crippen LogP contribution in [0.5, 0.6) is 0 Å². The summed E-state index contributed by atoms with van der Waals surface area (Å²) in [5.74, 6) is -0.635. The molecule has 1 fully saturated rings. The number of aliphatic hydroxyl groups is 1. The zero-order chi connectivity index (χ0) is 17.3. The Kier molecular flexibility index (Phi) is 4.32. The van der Waals surface area contributed by atoms with Crippen LogP contribution < -0.4 is 11.2 Å². The highest BCUT2D eigenvalue weighted by molar-refractivity contribution is 5.89. The van der Waals surface area contributed by atoms with Gasteiger partial charge in [0.25, 0.3) is 5.56 Å². The van der Waals surface area contributed by atoms with Crippen LogP contribution in [0.1, 0.15) is 22.1 Å². The third kappa shape index (κ3) is 3.01. The van der Waals surface area contributed by atoms with Crippen LogP contribution in [0.25, 0.3) is 0 Å². The monoisotopic (exact) mass is 332 g/mol. The van der Waals surface area contributed by atoms with Crippen LogP contribution in [0, 0.1) is 6.92 Å². The maximum Gasteiger partial charge on any atom is 0.338 e. The lowest BCUT2D eigenvalue weighted by Gasteiger charge is -2.22. The van der Waals surface area contributed by atoms with Gasteiger partial charge in [-0.3, -0.25) is 14.3 Å². The van der Waals surface area contributed by atoms with Crippen molar-refractivity contribution in [2.24, 2.45) is 0 Å². The van der Waals surface area contributed by atoms with Crippen molar-refractivity contribution in [2.45, 2.75) is 25.4 Å². The van der Waals surface area contributed by atoms with E-state index in [9.17, 15) is 19.5 Å². The summed E-state index contributed by atoms with van der Waals surface area (Å²) < 4.78 is 11.8. The predicted octanol–water partition coefficient (Wildman–Crippen LogP) is -0.0397. The fraction of sp³-hybridized carbons (Fsp3) is 0.312. The van der Waals surface area contributed by atoms with Crippen LogP contribution in [-0.2, 0) is 9.47 Å². The number of aromatic nitrogens is 2. The number of esters is 1. The van der Waals surface area contributed by atoms with Gasteiger partial charge in [-0.1, -0.05) is 18.2 Å². The van der Waals surface area contributed by atoms with E-state index in [0.717, 1.165) is 4.57 Å². The van der Waals surface area contributed by atoms with Crippen LogP contribution in [0.4, 0.5) is 0 Å². The molecule has 126 valence electrons. The summed E-state index contributed by atoms with van der Waals surface area (Å²) >= 11 is 0. The number of carbonyl (C=O) groups excluding carboxylic acids is 1. The van der Waals surface area contributed by atoms with Gasteiger partial charge in [-0.05, 0) is 19.1 Å². The highest BCUT2D eigenvalue weighted by Crippen LogP contribution is 2.26. The zero-order valence-electron chi connectivity index (χ0n) is 12.8. The third-order valence-corrected chi connectivity index (χ3v) is 3.77. The summed E-state index contributed by atoms with van der Waals surface area (Å²) in [6.45, 7) is 1.44. The number of H-pyrrole nitrogens is 1. The van der Waals surface area contributed by atoms with Gasteiger partial charge < -0.3 is 14.6 Å². The largest absolute Gasteiger partial charge is 0.451 e. The average molecular weight is 332 g/mol. The molecular formula is C16H16N2O6. The number of aryl methyl sites for hydroxylation is 1. The molecule has 8 nitrogen and oxygen atoms in total. The molecule has 0 unspecified atom stereocenters. The van der Waals surface area contributed by atoms with Crippen molar-refractivity contribution in [3.63, 3.8) is 0 Å². The first-order valence-electron chi connectivity index (χ1n) is 7.35. The molecule has 0 spiro atoms. The van der Waals surface area contributed by atoms with Gasteiger partial charge in [-0.25, -0.2) is 9.59 Å². The molecule has 3 atom stereocenters. The molecule has 24 heavy (non-hydrogen) atoms. The van der Waals surface area contributed by atoms with E-state index in [2.05, 4.69) is 4.98 Å². The second-order valence-corrected chi connectivity index (χ2v) is 5.51. The molecule has 0 saturated carbocycles. The summed E-state index contributed by atoms with van der Waals surface area (Å²) in [5, 5.41) is 10.0. The van der Waals surface area contributed by atoms with Crippen molar-refractivity contribution in [3.8, 4) is 0 Å². The van der Waals surface area contributed by atoms with Crippen molar-refractivity contribution in [2.75, 3.05) is 6.61 Å². The smallest absolute Gasteiger partial charge is 0.338 e. The van der Waals surface area contributed by atoms with E-state index in [0.29, 0.717) is 11.1 Å². The lowest BCUT2D eigenvalue weighted by molar-refractivity contribution is -0.0437. The van der Waals surface area contributed by atoms with Gasteiger partial charge in [-0.15, -0.1) is 0 Å². The summed E-state index contributed by atoms with van der Waals surface area (Å²) in [4.78, 5) is 37.8. The molecule has 8 heteroatoms. The van der Waals surface area contributed by atoms with Gasteiger partial charge in [0.05, 0.1) is 12.2 Å². The second-order valence-electron chi connectivity index (χ2n) is 5.51. The Morgan fingerprint density at radius 2 is 2.04 bits per heavy atom. The molecule has 1 aliphatic heterocycles. The van der Waals surface area contributed by atoms with E-state index < -0.39 is 35.7 Å². The second kappa shape index (κ2) is 6.42. The fourth-order valence-electron chi connectivity index (χ4n) is 2.49. The Morgan fingerprint density at radius 1 is 1.33 bits per heavy atom. The third-order valence-electron chi connectivity index (χ3n) is 3.77. The number of benzene rings is 1. The summed E-state index contributed by atoms with van der Waals surface area (Å²) in [6.07, 6.45) is -1.86. The van der Waals surface area contributed by atoms with Crippen LogP contribution in [0.15, 0.2) is 46.1 Å². The topological polar surface area (TPSA) is 111 Å². The van der Waals surface area contributed by atoms with E-state index in [4.69, 9.17) is 9.47 Å². The number of nitrogens with one attached hydrogen (secondary N) is 1. The first kappa shape index (κ1) is 16.2. The molecule has 0 amide bonds. The van der Waals surface area contributed by atoms with Gasteiger partial charge >= 0.3 is 11.7 Å². The van der Waals surface area contributed by atoms with E-state index in [1.165, 1.54) is 13.1 Å². The summed E-state index contributed by atoms with van der Waals surface area (Å²) in [5.41, 5.74) is -0.592. The summed E-state index contributed by atoms with van der Waals surface area (Å²) in [6, 6.07) is 8.29. The quantitative estimate of drug-likeness (QED) is 0.763. The van der Waals surface area contributed by atoms with Gasteiger partial charge in [0.15, 0.2) is 12.3 Å². The van der Waals surface area contributed by atoms with Gasteiger partial charge in [-0.2, -0.15) is 0 Å². The number of aromatic amines is 1. The van der Waals surface area contributed by atoms with E-state index >= 15 is 0 Å². The van der Waals surface area contributed by atoms with Crippen LogP contribution in [0.2, 0.25) is 0 Å². The number of aliphatic hydroxyl groups excluding tert-OH is 1. The fourth-order valence-corrected chi connectivity index (χ4v) is 2.49. The Bertz CT molecular complexity index is 857. The number of ether oxygens (including phenoxy) is 2. The van der Waals surface area contributed by atoms with Gasteiger partial charge in [0, 0.05) is 11.8 Å². The normalized spacial score (nSPS) is 23.2. The minimum atomic E-state index is -1.08. The van der Waals surface area contributed by atoms with Crippen LogP contribution >= 0.6 is 0 Å². The number of nitrogens with zero attached hydrogens (tertiary/aromatic N) is 1. The standard InChI is InChI=1S/C16H16N2O6/c1-9-7-18(16(22)17-13(9)20)14-12(11(19)8-23-14)24-15(21)10-5-3-2-4-6-10/h2-7,11-12,14,19H,8H2,1H3,(H,17,20,22)/t11-,12-,14+/m1/s1. The predicted molar refractivity (Wildman–Crippen MR) is 82.7 cm³/mol. The molecular weight excluding hydrogens is 316 g/mol. The van der Waals surface area contributed by atoms with Crippen molar-refractivity contribution in [1.29, 1.82) is 0 Å². The number of carbonyl (C=O) groups is 1. The highest BCUT2D eigenvalue weighted by Gasteiger charge is 2.41. The lowest BCUT2D eigenvalue weighted by atomic mass is 10.2. The zero-order valence-corrected chi connectivity index (χ0v) is 12.8. The molecule has 0 aliphatic carbocycles. The first-order chi connectivity index (χ1) is 11.5. The molecule has 2 N–H and O–H groups in total. The SMILES string of the molecule is Cc1cn([C@H]2OC[C@@H](O)[C@H]2OC(=O)c2ccccc2)c(=O)[nH]c1=O. The number of hydrogen-bond acceptors (Lipinski definition) is 6. The molecule has 0 radical (unpaired) electrons. The Balaban J connectivity index is 1.89. The maximum absolute atomic E-state index is 12.2. The van der Waals surface area contributed by atoms with Crippen LogP contribution in [-0.4, -0.2) is 39.4 Å². The Morgan fingerprint density at radius 3 is 2.75 bits per heavy atom. The van der Waals surface area contributed by atoms with Crippen molar-refractivity contribution >= 4 is 5.97 Å². The average Bonchev–Trinajstić information content (AvgIpc) is 2.92. The Hall–Kier alpha value is -2.71. The van der Waals surface area contributed by atoms with E-state index in [-0.39, 0.29) is 6.61 Å². The van der Waals surface area contributed by atoms with Crippen molar-refractivity contribution < 1.29 is 19.4 Å². The molecule has 2 heterocycles. The first-order valence-corrected chi connectivity index (χ1v) is 7.35. The Labute approximate surface area is 136 Å². The molecule has 1 aromatic heterocycles. The van der Waals surface area contributed by atoms with Crippen molar-refractivity contribution in [3.05, 3.63) is 68.5 Å². The van der Waals surface area contributed by atoms with Gasteiger partial charge in [0.1, 0.15) is 6.10 Å². The molecule has 0 bridgehead atoms. The molecule has 2 aromatic rings. The molecule has 1 saturated heterocycles. The molecule has 3 rings (SSSR count). The molecule has 1 aliphatic rings. The number of hydrogen-bond donors (Lipinski definition) is 2. The van der Waals surface area contributed by atoms with Crippen LogP contribution in [0.3, 0.4) is 0 Å². The van der Waals surface area contributed by atoms with E-state index in [1.807, 2.05) is 0 Å². The highest BCUT2D eigenvalue weighted by atomic mass is 16.6. The lowest BCUT2D eigenvalue weighted by Crippen LogP contribution is -2.40. The van der Waals surface area contributed by atoms with Gasteiger partial charge in [0.2, 0.25) is 0 Å². The molecule has 1 aromatic carbocycles.